The average molecular weight is 468 g/mol. The van der Waals surface area contributed by atoms with E-state index in [1.807, 2.05) is 6.92 Å². The lowest BCUT2D eigenvalue weighted by atomic mass is 10.2. The van der Waals surface area contributed by atoms with Crippen molar-refractivity contribution >= 4 is 43.5 Å². The average Bonchev–Trinajstić information content (AvgIpc) is 2.66. The number of anilines is 1. The van der Waals surface area contributed by atoms with Gasteiger partial charge in [-0.25, -0.2) is 8.42 Å². The molecule has 0 saturated heterocycles. The van der Waals surface area contributed by atoms with E-state index in [-0.39, 0.29) is 17.3 Å². The van der Waals surface area contributed by atoms with Crippen molar-refractivity contribution in [3.63, 3.8) is 0 Å². The van der Waals surface area contributed by atoms with Crippen molar-refractivity contribution in [1.82, 2.24) is 9.62 Å². The molecule has 0 aliphatic heterocycles. The highest BCUT2D eigenvalue weighted by Crippen LogP contribution is 2.18. The van der Waals surface area contributed by atoms with Crippen LogP contribution in [0.1, 0.15) is 23.7 Å². The van der Waals surface area contributed by atoms with Crippen molar-refractivity contribution in [3.8, 4) is 0 Å². The number of nitrogens with zero attached hydrogens (tertiary/aromatic N) is 1. The van der Waals surface area contributed by atoms with Crippen molar-refractivity contribution < 1.29 is 18.0 Å². The second-order valence-electron chi connectivity index (χ2n) is 6.10. The second-order valence-corrected chi connectivity index (χ2v) is 9.06. The quantitative estimate of drug-likeness (QED) is 0.623. The molecule has 0 aliphatic carbocycles. The lowest BCUT2D eigenvalue weighted by Gasteiger charge is -2.17. The Hall–Kier alpha value is -2.23. The maximum Gasteiger partial charge on any atom is 0.251 e. The molecule has 0 saturated carbocycles. The topological polar surface area (TPSA) is 95.6 Å². The van der Waals surface area contributed by atoms with E-state index in [2.05, 4.69) is 26.6 Å². The molecule has 7 nitrogen and oxygen atoms in total. The molecule has 0 atom stereocenters. The van der Waals surface area contributed by atoms with Gasteiger partial charge in [-0.15, -0.1) is 0 Å². The molecule has 2 aromatic carbocycles. The third-order valence-electron chi connectivity index (χ3n) is 3.83. The molecular weight excluding hydrogens is 446 g/mol. The number of benzene rings is 2. The third kappa shape index (κ3) is 5.88. The first-order valence-corrected chi connectivity index (χ1v) is 10.9. The van der Waals surface area contributed by atoms with Gasteiger partial charge < -0.3 is 10.6 Å². The SMILES string of the molecule is CCCNC(=O)c1cccc(NC(=O)CN(C)S(=O)(=O)c2ccc(Br)cc2)c1. The Kier molecular flexibility index (Phi) is 7.73. The molecule has 2 rings (SSSR count). The fraction of sp³-hybridized carbons (Fsp3) is 0.263. The minimum Gasteiger partial charge on any atom is -0.352 e. The fourth-order valence-electron chi connectivity index (χ4n) is 2.35. The molecule has 0 bridgehead atoms. The van der Waals surface area contributed by atoms with Gasteiger partial charge in [-0.2, -0.15) is 4.31 Å². The van der Waals surface area contributed by atoms with E-state index in [1.54, 1.807) is 36.4 Å². The number of sulfonamides is 1. The molecule has 0 fully saturated rings. The van der Waals surface area contributed by atoms with E-state index >= 15 is 0 Å². The van der Waals surface area contributed by atoms with Crippen molar-refractivity contribution in [2.45, 2.75) is 18.2 Å². The number of hydrogen-bond donors (Lipinski definition) is 2. The van der Waals surface area contributed by atoms with E-state index in [0.717, 1.165) is 15.2 Å². The zero-order valence-electron chi connectivity index (χ0n) is 15.6. The number of rotatable bonds is 8. The van der Waals surface area contributed by atoms with Crippen LogP contribution in [0.15, 0.2) is 57.9 Å². The van der Waals surface area contributed by atoms with Crippen LogP contribution < -0.4 is 10.6 Å². The van der Waals surface area contributed by atoms with Crippen LogP contribution in [0.4, 0.5) is 5.69 Å². The molecule has 0 aliphatic rings. The standard InChI is InChI=1S/C19H22BrN3O4S/c1-3-11-21-19(25)14-5-4-6-16(12-14)22-18(24)13-23(2)28(26,27)17-9-7-15(20)8-10-17/h4-10,12H,3,11,13H2,1-2H3,(H,21,25)(H,22,24). The van der Waals surface area contributed by atoms with Crippen LogP contribution in [-0.2, 0) is 14.8 Å². The Morgan fingerprint density at radius 1 is 1.11 bits per heavy atom. The van der Waals surface area contributed by atoms with E-state index in [4.69, 9.17) is 0 Å². The van der Waals surface area contributed by atoms with Crippen LogP contribution in [0, 0.1) is 0 Å². The molecule has 0 spiro atoms. The number of nitrogens with one attached hydrogen (secondary N) is 2. The van der Waals surface area contributed by atoms with E-state index < -0.39 is 15.9 Å². The first kappa shape index (κ1) is 22.1. The third-order valence-corrected chi connectivity index (χ3v) is 6.18. The summed E-state index contributed by atoms with van der Waals surface area (Å²) in [5.41, 5.74) is 0.839. The van der Waals surface area contributed by atoms with Gasteiger partial charge in [0.2, 0.25) is 15.9 Å². The zero-order chi connectivity index (χ0) is 20.7. The van der Waals surface area contributed by atoms with Gasteiger partial charge in [0.1, 0.15) is 0 Å². The summed E-state index contributed by atoms with van der Waals surface area (Å²) in [6.07, 6.45) is 0.821. The van der Waals surface area contributed by atoms with Crippen molar-refractivity contribution in [1.29, 1.82) is 0 Å². The summed E-state index contributed by atoms with van der Waals surface area (Å²) >= 11 is 3.26. The number of carbonyl (C=O) groups is 2. The predicted molar refractivity (Wildman–Crippen MR) is 112 cm³/mol. The van der Waals surface area contributed by atoms with Crippen LogP contribution in [0.2, 0.25) is 0 Å². The highest BCUT2D eigenvalue weighted by Gasteiger charge is 2.23. The van der Waals surface area contributed by atoms with Crippen molar-refractivity contribution in [3.05, 3.63) is 58.6 Å². The minimum absolute atomic E-state index is 0.0978. The summed E-state index contributed by atoms with van der Waals surface area (Å²) in [5.74, 6) is -0.734. The summed E-state index contributed by atoms with van der Waals surface area (Å²) in [6.45, 7) is 2.16. The van der Waals surface area contributed by atoms with Crippen LogP contribution in [0.3, 0.4) is 0 Å². The van der Waals surface area contributed by atoms with Crippen molar-refractivity contribution in [2.24, 2.45) is 0 Å². The van der Waals surface area contributed by atoms with Crippen LogP contribution in [0.25, 0.3) is 0 Å². The largest absolute Gasteiger partial charge is 0.352 e. The molecule has 2 N–H and O–H groups in total. The monoisotopic (exact) mass is 467 g/mol. The predicted octanol–water partition coefficient (Wildman–Crippen LogP) is 2.85. The van der Waals surface area contributed by atoms with Crippen LogP contribution >= 0.6 is 15.9 Å². The highest BCUT2D eigenvalue weighted by molar-refractivity contribution is 9.10. The van der Waals surface area contributed by atoms with E-state index in [1.165, 1.54) is 19.2 Å². The van der Waals surface area contributed by atoms with Crippen molar-refractivity contribution in [2.75, 3.05) is 25.5 Å². The number of amides is 2. The van der Waals surface area contributed by atoms with Gasteiger partial charge in [0.05, 0.1) is 11.4 Å². The lowest BCUT2D eigenvalue weighted by molar-refractivity contribution is -0.116. The molecule has 2 amide bonds. The van der Waals surface area contributed by atoms with Gasteiger partial charge in [-0.1, -0.05) is 28.9 Å². The van der Waals surface area contributed by atoms with Gasteiger partial charge in [0.25, 0.3) is 5.91 Å². The second kappa shape index (κ2) is 9.81. The molecule has 9 heteroatoms. The number of halogens is 1. The van der Waals surface area contributed by atoms with E-state index in [0.29, 0.717) is 17.8 Å². The van der Waals surface area contributed by atoms with E-state index in [9.17, 15) is 18.0 Å². The molecule has 0 heterocycles. The molecule has 28 heavy (non-hydrogen) atoms. The molecule has 0 radical (unpaired) electrons. The van der Waals surface area contributed by atoms with Crippen LogP contribution in [-0.4, -0.2) is 44.7 Å². The van der Waals surface area contributed by atoms with Gasteiger partial charge >= 0.3 is 0 Å². The summed E-state index contributed by atoms with van der Waals surface area (Å²) in [7, 11) is -2.45. The van der Waals surface area contributed by atoms with Gasteiger partial charge in [-0.3, -0.25) is 9.59 Å². The maximum absolute atomic E-state index is 12.6. The summed E-state index contributed by atoms with van der Waals surface area (Å²) in [5, 5.41) is 5.39. The molecule has 0 aromatic heterocycles. The zero-order valence-corrected chi connectivity index (χ0v) is 18.0. The Morgan fingerprint density at radius 2 is 1.79 bits per heavy atom. The summed E-state index contributed by atoms with van der Waals surface area (Å²) in [4.78, 5) is 24.4. The lowest BCUT2D eigenvalue weighted by Crippen LogP contribution is -2.35. The Bertz CT molecular complexity index is 946. The Balaban J connectivity index is 2.03. The Morgan fingerprint density at radius 3 is 2.43 bits per heavy atom. The Labute approximate surface area is 173 Å². The number of hydrogen-bond acceptors (Lipinski definition) is 4. The normalized spacial score (nSPS) is 11.3. The first-order valence-electron chi connectivity index (χ1n) is 8.64. The number of likely N-dealkylation sites (N-methyl/N-ethyl adjacent to an activating group) is 1. The fourth-order valence-corrected chi connectivity index (χ4v) is 3.74. The van der Waals surface area contributed by atoms with Gasteiger partial charge in [0.15, 0.2) is 0 Å². The van der Waals surface area contributed by atoms with Gasteiger partial charge in [0, 0.05) is 29.3 Å². The van der Waals surface area contributed by atoms with Crippen LogP contribution in [0.5, 0.6) is 0 Å². The molecular formula is C19H22BrN3O4S. The maximum atomic E-state index is 12.6. The summed E-state index contributed by atoms with van der Waals surface area (Å²) < 4.78 is 26.8. The van der Waals surface area contributed by atoms with Gasteiger partial charge in [-0.05, 0) is 48.9 Å². The molecule has 150 valence electrons. The first-order chi connectivity index (χ1) is 13.2. The summed E-state index contributed by atoms with van der Waals surface area (Å²) in [6, 6.07) is 12.7. The number of carbonyl (C=O) groups excluding carboxylic acids is 2. The highest BCUT2D eigenvalue weighted by atomic mass is 79.9. The minimum atomic E-state index is -3.79. The molecule has 2 aromatic rings. The molecule has 0 unspecified atom stereocenters. The smallest absolute Gasteiger partial charge is 0.251 e.